The molecule has 0 spiro atoms. The lowest BCUT2D eigenvalue weighted by Gasteiger charge is -2.17. The Morgan fingerprint density at radius 1 is 1.35 bits per heavy atom. The monoisotopic (exact) mass is 261 g/mol. The van der Waals surface area contributed by atoms with Crippen LogP contribution in [0.1, 0.15) is 27.7 Å². The number of hydrogen-bond acceptors (Lipinski definition) is 4. The molecule has 0 aliphatic heterocycles. The van der Waals surface area contributed by atoms with Crippen LogP contribution in [-0.4, -0.2) is 35.7 Å². The average molecular weight is 261 g/mol. The van der Waals surface area contributed by atoms with E-state index in [1.807, 2.05) is 0 Å². The molecule has 0 radical (unpaired) electrons. The number of carbonyl (C=O) groups excluding carboxylic acids is 2. The van der Waals surface area contributed by atoms with E-state index in [4.69, 9.17) is 4.74 Å². The highest BCUT2D eigenvalue weighted by Crippen LogP contribution is 2.08. The van der Waals surface area contributed by atoms with Crippen molar-refractivity contribution in [3.8, 4) is 0 Å². The first kappa shape index (κ1) is 15.8. The largest absolute Gasteiger partial charge is 0.442 e. The molecule has 7 heteroatoms. The Kier molecular flexibility index (Phi) is 6.64. The van der Waals surface area contributed by atoms with Crippen molar-refractivity contribution < 1.29 is 14.3 Å². The molecule has 17 heavy (non-hydrogen) atoms. The molecule has 2 N–H and O–H groups in total. The van der Waals surface area contributed by atoms with Gasteiger partial charge in [-0.05, 0) is 34.0 Å². The van der Waals surface area contributed by atoms with Gasteiger partial charge in [0.1, 0.15) is 5.60 Å². The lowest BCUT2D eigenvalue weighted by molar-refractivity contribution is 0.0604. The van der Waals surface area contributed by atoms with Crippen molar-refractivity contribution in [2.45, 2.75) is 33.3 Å². The predicted octanol–water partition coefficient (Wildman–Crippen LogP) is 1.96. The molecular formula is C10H19N3O3S. The highest BCUT2D eigenvalue weighted by atomic mass is 32.2. The standard InChI is InChI=1S/C10H19N3O3S/c1-6-11-7(14)12-8(17-5)13-9(15)16-10(2,3)4/h6H2,1-5H3,(H2,11,12,13,14,15). The van der Waals surface area contributed by atoms with Crippen LogP contribution < -0.4 is 10.6 Å². The zero-order valence-electron chi connectivity index (χ0n) is 10.8. The number of nitrogens with zero attached hydrogens (tertiary/aromatic N) is 1. The SMILES string of the molecule is CCNC(=O)N/C(=N\C(=O)OC(C)(C)C)SC. The van der Waals surface area contributed by atoms with E-state index in [2.05, 4.69) is 15.6 Å². The molecule has 0 aromatic carbocycles. The maximum atomic E-state index is 11.4. The molecule has 0 aliphatic carbocycles. The van der Waals surface area contributed by atoms with Crippen LogP contribution >= 0.6 is 11.8 Å². The quantitative estimate of drug-likeness (QED) is 0.558. The molecule has 0 heterocycles. The zero-order valence-corrected chi connectivity index (χ0v) is 11.6. The fourth-order valence-electron chi connectivity index (χ4n) is 0.794. The van der Waals surface area contributed by atoms with E-state index < -0.39 is 17.7 Å². The van der Waals surface area contributed by atoms with Gasteiger partial charge in [0.05, 0.1) is 0 Å². The van der Waals surface area contributed by atoms with Crippen LogP contribution in [0.5, 0.6) is 0 Å². The lowest BCUT2D eigenvalue weighted by Crippen LogP contribution is -2.38. The molecule has 0 atom stereocenters. The molecule has 0 bridgehead atoms. The number of hydrogen-bond donors (Lipinski definition) is 2. The van der Waals surface area contributed by atoms with E-state index >= 15 is 0 Å². The van der Waals surface area contributed by atoms with Crippen molar-refractivity contribution in [1.29, 1.82) is 0 Å². The number of nitrogens with one attached hydrogen (secondary N) is 2. The number of aliphatic imine (C=N–C) groups is 1. The molecule has 3 amide bonds. The number of ether oxygens (including phenoxy) is 1. The number of amidine groups is 1. The molecule has 6 nitrogen and oxygen atoms in total. The van der Waals surface area contributed by atoms with E-state index in [0.717, 1.165) is 11.8 Å². The van der Waals surface area contributed by atoms with Crippen molar-refractivity contribution in [2.75, 3.05) is 12.8 Å². The van der Waals surface area contributed by atoms with Gasteiger partial charge in [0, 0.05) is 6.54 Å². The maximum absolute atomic E-state index is 11.4. The van der Waals surface area contributed by atoms with Crippen molar-refractivity contribution in [2.24, 2.45) is 4.99 Å². The molecule has 0 fully saturated rings. The van der Waals surface area contributed by atoms with Gasteiger partial charge in [0.2, 0.25) is 0 Å². The summed E-state index contributed by atoms with van der Waals surface area (Å²) in [4.78, 5) is 26.2. The first-order valence-electron chi connectivity index (χ1n) is 5.19. The molecule has 0 saturated carbocycles. The minimum absolute atomic E-state index is 0.199. The van der Waals surface area contributed by atoms with Crippen molar-refractivity contribution in [1.82, 2.24) is 10.6 Å². The minimum atomic E-state index is -0.723. The molecule has 0 aromatic rings. The Morgan fingerprint density at radius 2 is 1.94 bits per heavy atom. The van der Waals surface area contributed by atoms with Gasteiger partial charge in [0.25, 0.3) is 0 Å². The van der Waals surface area contributed by atoms with Crippen LogP contribution in [0.25, 0.3) is 0 Å². The first-order chi connectivity index (χ1) is 7.78. The molecule has 0 unspecified atom stereocenters. The molecular weight excluding hydrogens is 242 g/mol. The van der Waals surface area contributed by atoms with Gasteiger partial charge in [-0.25, -0.2) is 9.59 Å². The fourth-order valence-corrected chi connectivity index (χ4v) is 1.15. The molecule has 0 rings (SSSR count). The van der Waals surface area contributed by atoms with Crippen LogP contribution in [-0.2, 0) is 4.74 Å². The number of amides is 3. The summed E-state index contributed by atoms with van der Waals surface area (Å²) < 4.78 is 5.00. The van der Waals surface area contributed by atoms with Gasteiger partial charge < -0.3 is 10.1 Å². The Bertz CT molecular complexity index is 310. The third kappa shape index (κ3) is 8.56. The maximum Gasteiger partial charge on any atom is 0.436 e. The number of carbonyl (C=O) groups is 2. The van der Waals surface area contributed by atoms with Gasteiger partial charge in [-0.3, -0.25) is 5.32 Å². The predicted molar refractivity (Wildman–Crippen MR) is 69.4 cm³/mol. The summed E-state index contributed by atoms with van der Waals surface area (Å²) in [7, 11) is 0. The second kappa shape index (κ2) is 7.16. The van der Waals surface area contributed by atoms with Gasteiger partial charge in [-0.2, -0.15) is 4.99 Å². The van der Waals surface area contributed by atoms with Crippen molar-refractivity contribution >= 4 is 29.1 Å². The second-order valence-corrected chi connectivity index (χ2v) is 4.88. The summed E-state index contributed by atoms with van der Waals surface area (Å²) >= 11 is 1.16. The van der Waals surface area contributed by atoms with E-state index in [1.165, 1.54) is 0 Å². The second-order valence-electron chi connectivity index (χ2n) is 4.09. The summed E-state index contributed by atoms with van der Waals surface area (Å²) in [5.41, 5.74) is -0.601. The summed E-state index contributed by atoms with van der Waals surface area (Å²) in [6.07, 6.45) is 0.980. The lowest BCUT2D eigenvalue weighted by atomic mass is 10.2. The van der Waals surface area contributed by atoms with Gasteiger partial charge >= 0.3 is 12.1 Å². The minimum Gasteiger partial charge on any atom is -0.442 e. The highest BCUT2D eigenvalue weighted by molar-refractivity contribution is 8.13. The van der Waals surface area contributed by atoms with Crippen molar-refractivity contribution in [3.05, 3.63) is 0 Å². The Labute approximate surface area is 106 Å². The van der Waals surface area contributed by atoms with Gasteiger partial charge in [-0.1, -0.05) is 11.8 Å². The molecule has 0 saturated heterocycles. The summed E-state index contributed by atoms with van der Waals surface area (Å²) in [6, 6.07) is -0.399. The highest BCUT2D eigenvalue weighted by Gasteiger charge is 2.16. The summed E-state index contributed by atoms with van der Waals surface area (Å²) in [5, 5.41) is 5.18. The third-order valence-electron chi connectivity index (χ3n) is 1.34. The Hall–Kier alpha value is -1.24. The summed E-state index contributed by atoms with van der Waals surface area (Å²) in [5.74, 6) is 0. The first-order valence-corrected chi connectivity index (χ1v) is 6.41. The van der Waals surface area contributed by atoms with E-state index in [1.54, 1.807) is 34.0 Å². The van der Waals surface area contributed by atoms with E-state index in [0.29, 0.717) is 6.54 Å². The molecule has 98 valence electrons. The van der Waals surface area contributed by atoms with Crippen LogP contribution in [0, 0.1) is 0 Å². The van der Waals surface area contributed by atoms with Gasteiger partial charge in [-0.15, -0.1) is 0 Å². The number of thioether (sulfide) groups is 1. The van der Waals surface area contributed by atoms with Gasteiger partial charge in [0.15, 0.2) is 5.17 Å². The number of urea groups is 1. The normalized spacial score (nSPS) is 11.9. The van der Waals surface area contributed by atoms with E-state index in [9.17, 15) is 9.59 Å². The van der Waals surface area contributed by atoms with Crippen LogP contribution in [0.4, 0.5) is 9.59 Å². The van der Waals surface area contributed by atoms with Crippen LogP contribution in [0.2, 0.25) is 0 Å². The summed E-state index contributed by atoms with van der Waals surface area (Å²) in [6.45, 7) is 7.53. The average Bonchev–Trinajstić information content (AvgIpc) is 2.13. The number of rotatable bonds is 1. The smallest absolute Gasteiger partial charge is 0.436 e. The topological polar surface area (TPSA) is 79.8 Å². The Balaban J connectivity index is 4.44. The molecule has 0 aromatic heterocycles. The van der Waals surface area contributed by atoms with Crippen LogP contribution in [0.3, 0.4) is 0 Å². The zero-order chi connectivity index (χ0) is 13.5. The van der Waals surface area contributed by atoms with Crippen molar-refractivity contribution in [3.63, 3.8) is 0 Å². The third-order valence-corrected chi connectivity index (χ3v) is 1.92. The Morgan fingerprint density at radius 3 is 2.35 bits per heavy atom. The molecule has 0 aliphatic rings. The van der Waals surface area contributed by atoms with E-state index in [-0.39, 0.29) is 5.17 Å². The fraction of sp³-hybridized carbons (Fsp3) is 0.700. The van der Waals surface area contributed by atoms with Crippen LogP contribution in [0.15, 0.2) is 4.99 Å².